The molecule has 2 aromatic carbocycles. The maximum absolute atomic E-state index is 12.3. The van der Waals surface area contributed by atoms with Crippen LogP contribution in [0.2, 0.25) is 0 Å². The van der Waals surface area contributed by atoms with Gasteiger partial charge in [0.15, 0.2) is 0 Å². The van der Waals surface area contributed by atoms with E-state index in [1.807, 2.05) is 24.3 Å². The molecule has 2 nitrogen and oxygen atoms in total. The maximum atomic E-state index is 12.3. The molecule has 0 amide bonds. The van der Waals surface area contributed by atoms with Gasteiger partial charge in [-0.1, -0.05) is 34.1 Å². The summed E-state index contributed by atoms with van der Waals surface area (Å²) in [6.07, 6.45) is 0. The third-order valence-electron chi connectivity index (χ3n) is 2.84. The lowest BCUT2D eigenvalue weighted by molar-refractivity contribution is -0.0498. The maximum Gasteiger partial charge on any atom is 0.387 e. The highest BCUT2D eigenvalue weighted by Crippen LogP contribution is 2.36. The van der Waals surface area contributed by atoms with Crippen LogP contribution in [0.15, 0.2) is 46.9 Å². The van der Waals surface area contributed by atoms with Crippen molar-refractivity contribution in [1.29, 1.82) is 0 Å². The van der Waals surface area contributed by atoms with Gasteiger partial charge in [-0.05, 0) is 51.3 Å². The van der Waals surface area contributed by atoms with E-state index in [0.29, 0.717) is 0 Å². The van der Waals surface area contributed by atoms with E-state index in [4.69, 9.17) is 4.74 Å². The van der Waals surface area contributed by atoms with Crippen molar-refractivity contribution in [2.75, 3.05) is 7.11 Å². The van der Waals surface area contributed by atoms with Crippen LogP contribution in [0.1, 0.15) is 16.0 Å². The lowest BCUT2D eigenvalue weighted by atomic mass is 10.0. The molecule has 0 aliphatic rings. The second-order valence-corrected chi connectivity index (χ2v) is 5.98. The molecule has 1 unspecified atom stereocenters. The zero-order chi connectivity index (χ0) is 15.4. The number of ether oxygens (including phenoxy) is 2. The Hall–Kier alpha value is -1.14. The summed E-state index contributed by atoms with van der Waals surface area (Å²) in [6, 6.07) is 12.3. The molecule has 0 aliphatic carbocycles. The standard InChI is InChI=1S/C15H12Br2F2O2/c1-20-13-6-5-10(8-12(13)16)14(17)9-3-2-4-11(7-9)21-15(18)19/h2-8,14-15H,1H3. The highest BCUT2D eigenvalue weighted by atomic mass is 79.9. The van der Waals surface area contributed by atoms with Gasteiger partial charge >= 0.3 is 6.61 Å². The van der Waals surface area contributed by atoms with Gasteiger partial charge in [0.1, 0.15) is 11.5 Å². The monoisotopic (exact) mass is 420 g/mol. The minimum atomic E-state index is -2.83. The van der Waals surface area contributed by atoms with Crippen molar-refractivity contribution in [3.05, 3.63) is 58.1 Å². The smallest absolute Gasteiger partial charge is 0.387 e. The van der Waals surface area contributed by atoms with Gasteiger partial charge in [0.05, 0.1) is 16.4 Å². The van der Waals surface area contributed by atoms with Crippen LogP contribution in [0.3, 0.4) is 0 Å². The van der Waals surface area contributed by atoms with Crippen molar-refractivity contribution in [2.45, 2.75) is 11.4 Å². The minimum Gasteiger partial charge on any atom is -0.496 e. The van der Waals surface area contributed by atoms with E-state index in [0.717, 1.165) is 21.3 Å². The SMILES string of the molecule is COc1ccc(C(Br)c2cccc(OC(F)F)c2)cc1Br. The molecular weight excluding hydrogens is 410 g/mol. The molecule has 2 aromatic rings. The van der Waals surface area contributed by atoms with Gasteiger partial charge in [-0.2, -0.15) is 8.78 Å². The van der Waals surface area contributed by atoms with Crippen LogP contribution >= 0.6 is 31.9 Å². The second kappa shape index (κ2) is 7.22. The molecular formula is C15H12Br2F2O2. The summed E-state index contributed by atoms with van der Waals surface area (Å²) >= 11 is 7.00. The lowest BCUT2D eigenvalue weighted by Gasteiger charge is -2.14. The fourth-order valence-corrected chi connectivity index (χ4v) is 3.01. The summed E-state index contributed by atoms with van der Waals surface area (Å²) in [5.41, 5.74) is 1.79. The first-order valence-electron chi connectivity index (χ1n) is 6.03. The average Bonchev–Trinajstić information content (AvgIpc) is 2.46. The summed E-state index contributed by atoms with van der Waals surface area (Å²) in [7, 11) is 1.59. The molecule has 6 heteroatoms. The molecule has 0 aromatic heterocycles. The number of rotatable bonds is 5. The first kappa shape index (κ1) is 16.2. The summed E-state index contributed by atoms with van der Waals surface area (Å²) < 4.78 is 34.9. The number of methoxy groups -OCH3 is 1. The summed E-state index contributed by atoms with van der Waals surface area (Å²) in [6.45, 7) is -2.83. The Kier molecular flexibility index (Phi) is 5.58. The van der Waals surface area contributed by atoms with Crippen molar-refractivity contribution < 1.29 is 18.3 Å². The predicted molar refractivity (Wildman–Crippen MR) is 84.5 cm³/mol. The Balaban J connectivity index is 2.27. The van der Waals surface area contributed by atoms with Crippen LogP contribution in [0.4, 0.5) is 8.78 Å². The van der Waals surface area contributed by atoms with Gasteiger partial charge in [-0.15, -0.1) is 0 Å². The molecule has 0 spiro atoms. The predicted octanol–water partition coefficient (Wildman–Crippen LogP) is 5.54. The largest absolute Gasteiger partial charge is 0.496 e. The van der Waals surface area contributed by atoms with Crippen LogP contribution in [0.25, 0.3) is 0 Å². The lowest BCUT2D eigenvalue weighted by Crippen LogP contribution is -2.02. The van der Waals surface area contributed by atoms with Crippen molar-refractivity contribution >= 4 is 31.9 Å². The summed E-state index contributed by atoms with van der Waals surface area (Å²) in [5.74, 6) is 0.868. The van der Waals surface area contributed by atoms with Crippen molar-refractivity contribution in [3.63, 3.8) is 0 Å². The van der Waals surface area contributed by atoms with Gasteiger partial charge in [0.25, 0.3) is 0 Å². The molecule has 21 heavy (non-hydrogen) atoms. The van der Waals surface area contributed by atoms with Crippen molar-refractivity contribution in [2.24, 2.45) is 0 Å². The van der Waals surface area contributed by atoms with Gasteiger partial charge in [0, 0.05) is 0 Å². The Morgan fingerprint density at radius 2 is 1.76 bits per heavy atom. The van der Waals surface area contributed by atoms with Crippen LogP contribution in [-0.2, 0) is 0 Å². The van der Waals surface area contributed by atoms with Gasteiger partial charge in [-0.3, -0.25) is 0 Å². The van der Waals surface area contributed by atoms with Gasteiger partial charge < -0.3 is 9.47 Å². The number of alkyl halides is 3. The zero-order valence-corrected chi connectivity index (χ0v) is 14.2. The summed E-state index contributed by atoms with van der Waals surface area (Å²) in [5, 5.41) is 0. The molecule has 2 rings (SSSR count). The van der Waals surface area contributed by atoms with E-state index in [9.17, 15) is 8.78 Å². The molecule has 0 heterocycles. The topological polar surface area (TPSA) is 18.5 Å². The Labute approximate surface area is 138 Å². The Morgan fingerprint density at radius 1 is 1.05 bits per heavy atom. The third kappa shape index (κ3) is 4.17. The molecule has 0 saturated heterocycles. The van der Waals surface area contributed by atoms with E-state index in [1.165, 1.54) is 6.07 Å². The molecule has 1 atom stereocenters. The third-order valence-corrected chi connectivity index (χ3v) is 4.52. The van der Waals surface area contributed by atoms with Crippen molar-refractivity contribution in [3.8, 4) is 11.5 Å². The molecule has 0 bridgehead atoms. The normalized spacial score (nSPS) is 12.3. The highest BCUT2D eigenvalue weighted by molar-refractivity contribution is 9.10. The van der Waals surface area contributed by atoms with Gasteiger partial charge in [0.2, 0.25) is 0 Å². The minimum absolute atomic E-state index is 0.138. The number of benzene rings is 2. The van der Waals surface area contributed by atoms with Crippen LogP contribution in [0, 0.1) is 0 Å². The number of hydrogen-bond acceptors (Lipinski definition) is 2. The van der Waals surface area contributed by atoms with E-state index >= 15 is 0 Å². The van der Waals surface area contributed by atoms with E-state index < -0.39 is 6.61 Å². The molecule has 0 N–H and O–H groups in total. The Morgan fingerprint density at radius 3 is 2.38 bits per heavy atom. The van der Waals surface area contributed by atoms with Crippen LogP contribution in [0.5, 0.6) is 11.5 Å². The summed E-state index contributed by atoms with van der Waals surface area (Å²) in [4.78, 5) is -0.138. The van der Waals surface area contributed by atoms with E-state index in [1.54, 1.807) is 19.2 Å². The van der Waals surface area contributed by atoms with Crippen LogP contribution in [-0.4, -0.2) is 13.7 Å². The first-order valence-corrected chi connectivity index (χ1v) is 7.74. The molecule has 0 fully saturated rings. The quantitative estimate of drug-likeness (QED) is 0.589. The molecule has 0 saturated carbocycles. The number of halogens is 4. The molecule has 0 radical (unpaired) electrons. The average molecular weight is 422 g/mol. The first-order chi connectivity index (χ1) is 10.0. The number of hydrogen-bond donors (Lipinski definition) is 0. The van der Waals surface area contributed by atoms with E-state index in [-0.39, 0.29) is 10.6 Å². The fourth-order valence-electron chi connectivity index (χ4n) is 1.88. The van der Waals surface area contributed by atoms with Crippen LogP contribution < -0.4 is 9.47 Å². The van der Waals surface area contributed by atoms with Crippen molar-refractivity contribution in [1.82, 2.24) is 0 Å². The fraction of sp³-hybridized carbons (Fsp3) is 0.200. The second-order valence-electron chi connectivity index (χ2n) is 4.21. The Bertz CT molecular complexity index is 620. The van der Waals surface area contributed by atoms with E-state index in [2.05, 4.69) is 36.6 Å². The van der Waals surface area contributed by atoms with Gasteiger partial charge in [-0.25, -0.2) is 0 Å². The zero-order valence-electron chi connectivity index (χ0n) is 11.0. The molecule has 112 valence electrons. The highest BCUT2D eigenvalue weighted by Gasteiger charge is 2.14. The molecule has 0 aliphatic heterocycles.